The van der Waals surface area contributed by atoms with Gasteiger partial charge in [-0.25, -0.2) is 0 Å². The molecule has 0 N–H and O–H groups in total. The zero-order valence-corrected chi connectivity index (χ0v) is 43.3. The molecule has 0 aliphatic carbocycles. The third-order valence-electron chi connectivity index (χ3n) is 10.2. The van der Waals surface area contributed by atoms with Gasteiger partial charge in [0.25, 0.3) is 0 Å². The molecule has 0 fully saturated rings. The van der Waals surface area contributed by atoms with Gasteiger partial charge >= 0.3 is 11.9 Å². The van der Waals surface area contributed by atoms with Gasteiger partial charge in [-0.1, -0.05) is 210 Å². The van der Waals surface area contributed by atoms with Gasteiger partial charge in [0.05, 0.1) is 6.61 Å². The first kappa shape index (κ1) is 63.3. The Hall–Kier alpha value is -4.74. The predicted molar refractivity (Wildman–Crippen MR) is 297 cm³/mol. The molecule has 68 heavy (non-hydrogen) atoms. The number of allylic oxidation sites excluding steroid dienone is 28. The minimum atomic E-state index is -0.616. The lowest BCUT2D eigenvalue weighted by Crippen LogP contribution is -2.30. The van der Waals surface area contributed by atoms with Crippen LogP contribution in [0.15, 0.2) is 170 Å². The quantitative estimate of drug-likeness (QED) is 0.0346. The van der Waals surface area contributed by atoms with Crippen LogP contribution >= 0.6 is 0 Å². The van der Waals surface area contributed by atoms with Gasteiger partial charge in [-0.2, -0.15) is 0 Å². The normalized spacial score (nSPS) is 13.6. The summed E-state index contributed by atoms with van der Waals surface area (Å²) in [5.41, 5.74) is 0. The molecule has 0 saturated heterocycles. The van der Waals surface area contributed by atoms with E-state index in [9.17, 15) is 9.59 Å². The van der Waals surface area contributed by atoms with Crippen molar-refractivity contribution >= 4 is 11.9 Å². The standard InChI is InChI=1S/C63H96O5/c1-4-7-10-13-16-19-22-25-27-29-31-33-35-37-40-43-46-49-52-55-58-66-59-61(68-63(65)57-54-51-48-45-42-38-24-21-18-15-12-9-6-3)60-67-62(64)56-53-50-47-44-41-39-36-34-32-30-28-26-23-20-17-14-11-8-5-2/h7-12,16-21,25-28,31-34,37-42,48,51,61H,4-6,13-15,22-24,29-30,35-36,43-47,49-50,52-60H2,1-3H3/b10-7-,11-8-,12-9-,19-16-,20-17-,21-18-,27-25-,28-26-,33-31-,34-32-,40-37-,41-39-,42-38-,51-48-. The zero-order chi connectivity index (χ0) is 49.2. The van der Waals surface area contributed by atoms with Crippen molar-refractivity contribution in [1.82, 2.24) is 0 Å². The Labute approximate surface area is 417 Å². The molecule has 0 aromatic rings. The maximum absolute atomic E-state index is 12.8. The summed E-state index contributed by atoms with van der Waals surface area (Å²) in [7, 11) is 0. The van der Waals surface area contributed by atoms with Crippen LogP contribution in [0.25, 0.3) is 0 Å². The second-order valence-corrected chi connectivity index (χ2v) is 16.6. The van der Waals surface area contributed by atoms with Crippen molar-refractivity contribution in [2.24, 2.45) is 0 Å². The highest BCUT2D eigenvalue weighted by atomic mass is 16.6. The number of carbonyl (C=O) groups excluding carboxylic acids is 2. The van der Waals surface area contributed by atoms with Crippen molar-refractivity contribution in [3.05, 3.63) is 170 Å². The summed E-state index contributed by atoms with van der Waals surface area (Å²) in [4.78, 5) is 25.4. The fraction of sp³-hybridized carbons (Fsp3) is 0.524. The van der Waals surface area contributed by atoms with Gasteiger partial charge in [0, 0.05) is 19.4 Å². The molecular formula is C63H96O5. The van der Waals surface area contributed by atoms with E-state index in [1.54, 1.807) is 0 Å². The fourth-order valence-corrected chi connectivity index (χ4v) is 6.40. The van der Waals surface area contributed by atoms with Gasteiger partial charge in [-0.15, -0.1) is 0 Å². The van der Waals surface area contributed by atoms with E-state index in [-0.39, 0.29) is 31.6 Å². The third kappa shape index (κ3) is 53.9. The highest BCUT2D eigenvalue weighted by Crippen LogP contribution is 2.09. The largest absolute Gasteiger partial charge is 0.462 e. The van der Waals surface area contributed by atoms with Gasteiger partial charge < -0.3 is 14.2 Å². The molecule has 1 atom stereocenters. The van der Waals surface area contributed by atoms with E-state index < -0.39 is 6.10 Å². The SMILES string of the molecule is CC/C=C\C/C=C\C/C=C\C/C=C\C/C=C\CCCCCCOCC(COC(=O)CCCCC/C=C\C/C=C\C/C=C\C/C=C\C/C=C\CC)OC(=O)CC/C=C\C/C=C\C/C=C\C/C=C\CC. The Balaban J connectivity index is 4.49. The summed E-state index contributed by atoms with van der Waals surface area (Å²) < 4.78 is 17.3. The lowest BCUT2D eigenvalue weighted by molar-refractivity contribution is -0.162. The van der Waals surface area contributed by atoms with Crippen molar-refractivity contribution in [2.75, 3.05) is 19.8 Å². The molecule has 0 bridgehead atoms. The molecular weight excluding hydrogens is 837 g/mol. The summed E-state index contributed by atoms with van der Waals surface area (Å²) in [5, 5.41) is 0. The van der Waals surface area contributed by atoms with Crippen LogP contribution < -0.4 is 0 Å². The maximum Gasteiger partial charge on any atom is 0.306 e. The number of rotatable bonds is 46. The van der Waals surface area contributed by atoms with Crippen LogP contribution in [0.3, 0.4) is 0 Å². The van der Waals surface area contributed by atoms with E-state index >= 15 is 0 Å². The van der Waals surface area contributed by atoms with Gasteiger partial charge in [0.15, 0.2) is 6.10 Å². The maximum atomic E-state index is 12.8. The van der Waals surface area contributed by atoms with Crippen LogP contribution in [0.5, 0.6) is 0 Å². The minimum Gasteiger partial charge on any atom is -0.462 e. The summed E-state index contributed by atoms with van der Waals surface area (Å²) in [6.45, 7) is 7.28. The topological polar surface area (TPSA) is 61.8 Å². The Kier molecular flexibility index (Phi) is 52.6. The lowest BCUT2D eigenvalue weighted by Gasteiger charge is -2.18. The number of carbonyl (C=O) groups is 2. The molecule has 0 amide bonds. The molecule has 0 aliphatic heterocycles. The number of esters is 2. The van der Waals surface area contributed by atoms with Gasteiger partial charge in [-0.05, 0) is 135 Å². The van der Waals surface area contributed by atoms with Crippen molar-refractivity contribution in [1.29, 1.82) is 0 Å². The van der Waals surface area contributed by atoms with Crippen LogP contribution in [0.4, 0.5) is 0 Å². The highest BCUT2D eigenvalue weighted by molar-refractivity contribution is 5.70. The predicted octanol–water partition coefficient (Wildman–Crippen LogP) is 18.4. The summed E-state index contributed by atoms with van der Waals surface area (Å²) >= 11 is 0. The van der Waals surface area contributed by atoms with E-state index in [4.69, 9.17) is 14.2 Å². The van der Waals surface area contributed by atoms with E-state index in [0.29, 0.717) is 19.4 Å². The van der Waals surface area contributed by atoms with Crippen LogP contribution in [0.1, 0.15) is 188 Å². The second kappa shape index (κ2) is 56.6. The van der Waals surface area contributed by atoms with E-state index in [1.807, 2.05) is 6.08 Å². The molecule has 0 heterocycles. The average molecular weight is 933 g/mol. The Morgan fingerprint density at radius 2 is 0.647 bits per heavy atom. The molecule has 1 unspecified atom stereocenters. The Morgan fingerprint density at radius 1 is 0.324 bits per heavy atom. The summed E-state index contributed by atoms with van der Waals surface area (Å²) in [6, 6.07) is 0. The van der Waals surface area contributed by atoms with E-state index in [1.165, 1.54) is 0 Å². The van der Waals surface area contributed by atoms with Crippen molar-refractivity contribution in [3.8, 4) is 0 Å². The number of unbranched alkanes of at least 4 members (excludes halogenated alkanes) is 7. The van der Waals surface area contributed by atoms with E-state index in [0.717, 1.165) is 148 Å². The molecule has 0 aromatic carbocycles. The van der Waals surface area contributed by atoms with Crippen LogP contribution in [-0.2, 0) is 23.8 Å². The minimum absolute atomic E-state index is 0.0157. The first-order valence-electron chi connectivity index (χ1n) is 26.7. The summed E-state index contributed by atoms with van der Waals surface area (Å²) in [6.07, 6.45) is 85.3. The molecule has 5 nitrogen and oxygen atoms in total. The van der Waals surface area contributed by atoms with Gasteiger partial charge in [0.2, 0.25) is 0 Å². The fourth-order valence-electron chi connectivity index (χ4n) is 6.40. The monoisotopic (exact) mass is 933 g/mol. The molecule has 0 aromatic heterocycles. The molecule has 0 aliphatic rings. The number of hydrogen-bond donors (Lipinski definition) is 0. The summed E-state index contributed by atoms with van der Waals surface area (Å²) in [5.74, 6) is -0.560. The van der Waals surface area contributed by atoms with Gasteiger partial charge in [-0.3, -0.25) is 9.59 Å². The van der Waals surface area contributed by atoms with Crippen molar-refractivity contribution < 1.29 is 23.8 Å². The second-order valence-electron chi connectivity index (χ2n) is 16.6. The van der Waals surface area contributed by atoms with E-state index in [2.05, 4.69) is 185 Å². The third-order valence-corrected chi connectivity index (χ3v) is 10.2. The van der Waals surface area contributed by atoms with Crippen molar-refractivity contribution in [2.45, 2.75) is 194 Å². The number of ether oxygens (including phenoxy) is 3. The lowest BCUT2D eigenvalue weighted by atomic mass is 10.1. The van der Waals surface area contributed by atoms with Crippen LogP contribution in [0.2, 0.25) is 0 Å². The molecule has 0 rings (SSSR count). The van der Waals surface area contributed by atoms with Gasteiger partial charge in [0.1, 0.15) is 6.61 Å². The molecule has 5 heteroatoms. The first-order chi connectivity index (χ1) is 33.6. The first-order valence-corrected chi connectivity index (χ1v) is 26.7. The Bertz CT molecular complexity index is 1570. The average Bonchev–Trinajstić information content (AvgIpc) is 3.34. The molecule has 0 spiro atoms. The molecule has 0 radical (unpaired) electrons. The van der Waals surface area contributed by atoms with Crippen molar-refractivity contribution in [3.63, 3.8) is 0 Å². The van der Waals surface area contributed by atoms with Crippen LogP contribution in [0, 0.1) is 0 Å². The molecule has 0 saturated carbocycles. The molecule has 378 valence electrons. The highest BCUT2D eigenvalue weighted by Gasteiger charge is 2.17. The van der Waals surface area contributed by atoms with Crippen LogP contribution in [-0.4, -0.2) is 37.9 Å². The smallest absolute Gasteiger partial charge is 0.306 e. The number of hydrogen-bond acceptors (Lipinski definition) is 5. The zero-order valence-electron chi connectivity index (χ0n) is 43.3. The Morgan fingerprint density at radius 3 is 1.03 bits per heavy atom.